The van der Waals surface area contributed by atoms with Crippen LogP contribution in [0.2, 0.25) is 0 Å². The molecule has 5 heteroatoms. The Labute approximate surface area is 119 Å². The van der Waals surface area contributed by atoms with Crippen molar-refractivity contribution in [3.05, 3.63) is 39.7 Å². The number of aryl methyl sites for hydroxylation is 1. The molecule has 0 saturated carbocycles. The molecule has 0 spiro atoms. The van der Waals surface area contributed by atoms with E-state index in [2.05, 4.69) is 25.9 Å². The Morgan fingerprint density at radius 3 is 2.74 bits per heavy atom. The number of fused-ring (bicyclic) bond motifs is 1. The monoisotopic (exact) mass is 321 g/mol. The van der Waals surface area contributed by atoms with E-state index < -0.39 is 0 Å². The first-order valence-electron chi connectivity index (χ1n) is 6.26. The van der Waals surface area contributed by atoms with E-state index in [1.807, 2.05) is 0 Å². The average Bonchev–Trinajstić information content (AvgIpc) is 2.42. The molecule has 0 radical (unpaired) electrons. The van der Waals surface area contributed by atoms with Crippen molar-refractivity contribution in [2.24, 2.45) is 0 Å². The van der Waals surface area contributed by atoms with Crippen LogP contribution in [0.1, 0.15) is 24.1 Å². The predicted octanol–water partition coefficient (Wildman–Crippen LogP) is 3.51. The average molecular weight is 322 g/mol. The van der Waals surface area contributed by atoms with Gasteiger partial charge in [-0.25, -0.2) is 14.4 Å². The number of aromatic nitrogens is 2. The van der Waals surface area contributed by atoms with Crippen LogP contribution >= 0.6 is 15.9 Å². The second kappa shape index (κ2) is 4.89. The number of hydrogen-bond acceptors (Lipinski definition) is 3. The maximum atomic E-state index is 13.6. The second-order valence-corrected chi connectivity index (χ2v) is 5.55. The van der Waals surface area contributed by atoms with E-state index in [-0.39, 0.29) is 5.82 Å². The van der Waals surface area contributed by atoms with Gasteiger partial charge in [0.15, 0.2) is 5.82 Å². The first-order chi connectivity index (χ1) is 9.15. The molecule has 98 valence electrons. The molecule has 0 atom stereocenters. The Bertz CT molecular complexity index is 643. The van der Waals surface area contributed by atoms with Crippen LogP contribution in [0.15, 0.2) is 22.7 Å². The molecule has 3 nitrogen and oxygen atoms in total. The number of hydrogen-bond donors (Lipinski definition) is 1. The maximum absolute atomic E-state index is 13.6. The Morgan fingerprint density at radius 1 is 1.16 bits per heavy atom. The highest BCUT2D eigenvalue weighted by Crippen LogP contribution is 2.28. The molecule has 3 rings (SSSR count). The lowest BCUT2D eigenvalue weighted by Gasteiger charge is -2.17. The molecule has 1 aliphatic carbocycles. The number of nitrogens with zero attached hydrogens (tertiary/aromatic N) is 2. The molecule has 0 saturated heterocycles. The first-order valence-corrected chi connectivity index (χ1v) is 7.05. The molecular formula is C14H13BrFN3. The quantitative estimate of drug-likeness (QED) is 0.874. The highest BCUT2D eigenvalue weighted by molar-refractivity contribution is 9.10. The van der Waals surface area contributed by atoms with Gasteiger partial charge in [-0.2, -0.15) is 0 Å². The summed E-state index contributed by atoms with van der Waals surface area (Å²) in [7, 11) is 0. The summed E-state index contributed by atoms with van der Waals surface area (Å²) >= 11 is 3.14. The second-order valence-electron chi connectivity index (χ2n) is 4.69. The summed E-state index contributed by atoms with van der Waals surface area (Å²) in [6, 6.07) is 4.87. The van der Waals surface area contributed by atoms with Gasteiger partial charge in [0.05, 0.1) is 4.47 Å². The van der Waals surface area contributed by atoms with Crippen molar-refractivity contribution in [1.82, 2.24) is 9.97 Å². The summed E-state index contributed by atoms with van der Waals surface area (Å²) in [5.41, 5.74) is 8.72. The van der Waals surface area contributed by atoms with E-state index in [1.54, 1.807) is 12.1 Å². The van der Waals surface area contributed by atoms with Crippen LogP contribution in [0.3, 0.4) is 0 Å². The summed E-state index contributed by atoms with van der Waals surface area (Å²) < 4.78 is 14.0. The summed E-state index contributed by atoms with van der Waals surface area (Å²) in [5, 5.41) is 0. The van der Waals surface area contributed by atoms with Gasteiger partial charge in [-0.3, -0.25) is 0 Å². The predicted molar refractivity (Wildman–Crippen MR) is 76.2 cm³/mol. The highest BCUT2D eigenvalue weighted by Gasteiger charge is 2.17. The van der Waals surface area contributed by atoms with Crippen molar-refractivity contribution >= 4 is 21.7 Å². The van der Waals surface area contributed by atoms with Crippen LogP contribution in [0.4, 0.5) is 10.2 Å². The zero-order valence-corrected chi connectivity index (χ0v) is 11.9. The van der Waals surface area contributed by atoms with Crippen LogP contribution in [0.25, 0.3) is 11.4 Å². The van der Waals surface area contributed by atoms with E-state index in [9.17, 15) is 4.39 Å². The number of benzene rings is 1. The smallest absolute Gasteiger partial charge is 0.161 e. The molecule has 0 aliphatic heterocycles. The largest absolute Gasteiger partial charge is 0.383 e. The van der Waals surface area contributed by atoms with Gasteiger partial charge in [0.1, 0.15) is 11.6 Å². The fourth-order valence-electron chi connectivity index (χ4n) is 2.39. The van der Waals surface area contributed by atoms with Crippen molar-refractivity contribution < 1.29 is 4.39 Å². The Kier molecular flexibility index (Phi) is 3.22. The van der Waals surface area contributed by atoms with Crippen LogP contribution in [0, 0.1) is 5.82 Å². The zero-order valence-electron chi connectivity index (χ0n) is 10.3. The van der Waals surface area contributed by atoms with Gasteiger partial charge in [-0.15, -0.1) is 0 Å². The summed E-state index contributed by atoms with van der Waals surface area (Å²) in [5.74, 6) is 0.713. The van der Waals surface area contributed by atoms with E-state index in [0.717, 1.165) is 36.9 Å². The normalized spacial score (nSPS) is 14.2. The Hall–Kier alpha value is -1.49. The molecule has 1 aromatic heterocycles. The number of halogens is 2. The lowest BCUT2D eigenvalue weighted by atomic mass is 9.96. The topological polar surface area (TPSA) is 51.8 Å². The summed E-state index contributed by atoms with van der Waals surface area (Å²) in [6.07, 6.45) is 4.12. The molecule has 0 amide bonds. The van der Waals surface area contributed by atoms with Gasteiger partial charge < -0.3 is 5.73 Å². The Morgan fingerprint density at radius 2 is 1.95 bits per heavy atom. The maximum Gasteiger partial charge on any atom is 0.161 e. The molecule has 1 aliphatic rings. The summed E-state index contributed by atoms with van der Waals surface area (Å²) in [4.78, 5) is 8.85. The van der Waals surface area contributed by atoms with Gasteiger partial charge in [0.25, 0.3) is 0 Å². The third kappa shape index (κ3) is 2.34. The first kappa shape index (κ1) is 12.5. The fourth-order valence-corrected chi connectivity index (χ4v) is 2.63. The van der Waals surface area contributed by atoms with Gasteiger partial charge in [0.2, 0.25) is 0 Å². The van der Waals surface area contributed by atoms with Gasteiger partial charge in [-0.05, 0) is 59.8 Å². The van der Waals surface area contributed by atoms with Gasteiger partial charge >= 0.3 is 0 Å². The minimum Gasteiger partial charge on any atom is -0.383 e. The third-order valence-corrected chi connectivity index (χ3v) is 4.04. The molecule has 2 aromatic rings. The van der Waals surface area contributed by atoms with E-state index in [4.69, 9.17) is 5.73 Å². The van der Waals surface area contributed by atoms with Gasteiger partial charge in [-0.1, -0.05) is 0 Å². The summed E-state index contributed by atoms with van der Waals surface area (Å²) in [6.45, 7) is 0. The van der Waals surface area contributed by atoms with Crippen molar-refractivity contribution in [3.8, 4) is 11.4 Å². The van der Waals surface area contributed by atoms with Crippen molar-refractivity contribution in [1.29, 1.82) is 0 Å². The zero-order chi connectivity index (χ0) is 13.4. The molecule has 1 aromatic carbocycles. The van der Waals surface area contributed by atoms with Crippen LogP contribution in [-0.2, 0) is 12.8 Å². The van der Waals surface area contributed by atoms with Crippen molar-refractivity contribution in [2.75, 3.05) is 5.73 Å². The number of nitrogens with two attached hydrogens (primary N) is 1. The van der Waals surface area contributed by atoms with E-state index >= 15 is 0 Å². The van der Waals surface area contributed by atoms with E-state index in [1.165, 1.54) is 6.07 Å². The minimum atomic E-state index is -0.322. The highest BCUT2D eigenvalue weighted by atomic mass is 79.9. The van der Waals surface area contributed by atoms with Crippen LogP contribution < -0.4 is 5.73 Å². The van der Waals surface area contributed by atoms with Gasteiger partial charge in [0, 0.05) is 16.8 Å². The number of nitrogen functional groups attached to an aromatic ring is 1. The lowest BCUT2D eigenvalue weighted by Crippen LogP contribution is -2.11. The van der Waals surface area contributed by atoms with Crippen LogP contribution in [0.5, 0.6) is 0 Å². The molecule has 0 bridgehead atoms. The van der Waals surface area contributed by atoms with Crippen molar-refractivity contribution in [2.45, 2.75) is 25.7 Å². The van der Waals surface area contributed by atoms with E-state index in [0.29, 0.717) is 21.7 Å². The molecule has 1 heterocycles. The molecule has 19 heavy (non-hydrogen) atoms. The Balaban J connectivity index is 2.10. The lowest BCUT2D eigenvalue weighted by molar-refractivity contribution is 0.621. The molecular weight excluding hydrogens is 309 g/mol. The SMILES string of the molecule is Nc1nc(-c2ccc(Br)c(F)c2)nc2c1CCCC2. The molecule has 0 fully saturated rings. The van der Waals surface area contributed by atoms with Crippen LogP contribution in [-0.4, -0.2) is 9.97 Å². The third-order valence-electron chi connectivity index (χ3n) is 3.39. The molecule has 0 unspecified atom stereocenters. The van der Waals surface area contributed by atoms with Crippen molar-refractivity contribution in [3.63, 3.8) is 0 Å². The minimum absolute atomic E-state index is 0.322. The number of anilines is 1. The number of rotatable bonds is 1. The molecule has 2 N–H and O–H groups in total. The fraction of sp³-hybridized carbons (Fsp3) is 0.286. The standard InChI is InChI=1S/C14H13BrFN3/c15-10-6-5-8(7-11(10)16)14-18-12-4-2-1-3-9(12)13(17)19-14/h5-7H,1-4H2,(H2,17,18,19).